The van der Waals surface area contributed by atoms with Crippen LogP contribution in [0.4, 0.5) is 20.2 Å². The highest BCUT2D eigenvalue weighted by Gasteiger charge is 2.18. The number of hydrogen-bond acceptors (Lipinski definition) is 4. The van der Waals surface area contributed by atoms with E-state index in [-0.39, 0.29) is 32.4 Å². The largest absolute Gasteiger partial charge is 0.355 e. The van der Waals surface area contributed by atoms with Crippen LogP contribution in [0.15, 0.2) is 65.6 Å². The zero-order chi connectivity index (χ0) is 23.5. The molecule has 0 aliphatic rings. The minimum atomic E-state index is -4.10. The molecule has 0 aliphatic carbocycles. The maximum Gasteiger partial charge on any atom is 0.261 e. The third-order valence-electron chi connectivity index (χ3n) is 4.29. The molecule has 0 aromatic heterocycles. The van der Waals surface area contributed by atoms with E-state index < -0.39 is 33.5 Å². The Hall–Kier alpha value is -3.50. The van der Waals surface area contributed by atoms with Crippen molar-refractivity contribution in [3.63, 3.8) is 0 Å². The number of carbonyl (C=O) groups excluding carboxylic acids is 2. The fourth-order valence-electron chi connectivity index (χ4n) is 2.68. The van der Waals surface area contributed by atoms with E-state index in [1.54, 1.807) is 0 Å². The summed E-state index contributed by atoms with van der Waals surface area (Å²) in [7, 11) is -2.75. The summed E-state index contributed by atoms with van der Waals surface area (Å²) in [6, 6.07) is 11.5. The van der Waals surface area contributed by atoms with Gasteiger partial charge >= 0.3 is 0 Å². The molecule has 0 saturated heterocycles. The molecule has 0 fully saturated rings. The first-order valence-electron chi connectivity index (χ1n) is 9.01. The van der Waals surface area contributed by atoms with Crippen LogP contribution in [-0.2, 0) is 10.0 Å². The van der Waals surface area contributed by atoms with Crippen molar-refractivity contribution < 1.29 is 26.8 Å². The monoisotopic (exact) mass is 479 g/mol. The zero-order valence-electron chi connectivity index (χ0n) is 16.4. The Labute approximate surface area is 187 Å². The second-order valence-electron chi connectivity index (χ2n) is 6.48. The van der Waals surface area contributed by atoms with Gasteiger partial charge in [0.15, 0.2) is 0 Å². The van der Waals surface area contributed by atoms with Crippen molar-refractivity contribution in [1.82, 2.24) is 5.32 Å². The molecule has 0 saturated carbocycles. The predicted molar refractivity (Wildman–Crippen MR) is 116 cm³/mol. The van der Waals surface area contributed by atoms with Crippen LogP contribution < -0.4 is 15.4 Å². The number of sulfonamides is 1. The van der Waals surface area contributed by atoms with E-state index in [2.05, 4.69) is 15.4 Å². The van der Waals surface area contributed by atoms with Gasteiger partial charge in [-0.25, -0.2) is 17.2 Å². The smallest absolute Gasteiger partial charge is 0.261 e. The summed E-state index contributed by atoms with van der Waals surface area (Å²) in [6.45, 7) is 0. The molecule has 3 N–H and O–H groups in total. The number of amides is 2. The molecule has 0 bridgehead atoms. The summed E-state index contributed by atoms with van der Waals surface area (Å²) in [6.07, 6.45) is 0. The lowest BCUT2D eigenvalue weighted by atomic mass is 10.1. The first-order valence-corrected chi connectivity index (χ1v) is 10.9. The standard InChI is InChI=1S/C21H16ClF2N3O4S/c1-25-21(29)16-11-14(5-9-18(16)24)26-20(28)12-2-8-17(22)19(10-12)27-32(30,31)15-6-3-13(23)4-7-15/h2-11,27H,1H3,(H,25,29)(H,26,28). The van der Waals surface area contributed by atoms with Crippen LogP contribution in [-0.4, -0.2) is 27.3 Å². The van der Waals surface area contributed by atoms with Gasteiger partial charge in [0.05, 0.1) is 21.2 Å². The molecule has 11 heteroatoms. The van der Waals surface area contributed by atoms with Crippen LogP contribution in [0.25, 0.3) is 0 Å². The Bertz CT molecular complexity index is 1300. The fourth-order valence-corrected chi connectivity index (χ4v) is 3.97. The van der Waals surface area contributed by atoms with Gasteiger partial charge in [0.1, 0.15) is 11.6 Å². The van der Waals surface area contributed by atoms with Crippen LogP contribution >= 0.6 is 11.6 Å². The van der Waals surface area contributed by atoms with Gasteiger partial charge in [0, 0.05) is 18.3 Å². The summed E-state index contributed by atoms with van der Waals surface area (Å²) in [5, 5.41) is 4.82. The molecule has 0 atom stereocenters. The lowest BCUT2D eigenvalue weighted by Gasteiger charge is -2.12. The zero-order valence-corrected chi connectivity index (χ0v) is 18.0. The summed E-state index contributed by atoms with van der Waals surface area (Å²) >= 11 is 6.06. The topological polar surface area (TPSA) is 104 Å². The average Bonchev–Trinajstić information content (AvgIpc) is 2.76. The molecule has 3 rings (SSSR count). The molecular formula is C21H16ClF2N3O4S. The minimum Gasteiger partial charge on any atom is -0.355 e. The molecule has 166 valence electrons. The Balaban J connectivity index is 1.84. The molecule has 2 amide bonds. The molecule has 3 aromatic rings. The average molecular weight is 480 g/mol. The second-order valence-corrected chi connectivity index (χ2v) is 8.57. The Morgan fingerprint density at radius 1 is 0.906 bits per heavy atom. The normalized spacial score (nSPS) is 11.0. The molecular weight excluding hydrogens is 464 g/mol. The van der Waals surface area contributed by atoms with E-state index in [1.807, 2.05) is 0 Å². The van der Waals surface area contributed by atoms with Crippen LogP contribution in [0.2, 0.25) is 5.02 Å². The van der Waals surface area contributed by atoms with Gasteiger partial charge in [-0.05, 0) is 60.7 Å². The van der Waals surface area contributed by atoms with Crippen LogP contribution in [0.5, 0.6) is 0 Å². The van der Waals surface area contributed by atoms with Crippen molar-refractivity contribution in [1.29, 1.82) is 0 Å². The van der Waals surface area contributed by atoms with Crippen molar-refractivity contribution in [3.8, 4) is 0 Å². The van der Waals surface area contributed by atoms with E-state index in [9.17, 15) is 26.8 Å². The summed E-state index contributed by atoms with van der Waals surface area (Å²) in [5.41, 5.74) is -0.140. The SMILES string of the molecule is CNC(=O)c1cc(NC(=O)c2ccc(Cl)c(NS(=O)(=O)c3ccc(F)cc3)c2)ccc1F. The third-order valence-corrected chi connectivity index (χ3v) is 6.00. The molecule has 3 aromatic carbocycles. The number of nitrogens with one attached hydrogen (secondary N) is 3. The Morgan fingerprint density at radius 2 is 1.59 bits per heavy atom. The molecule has 0 radical (unpaired) electrons. The van der Waals surface area contributed by atoms with Crippen molar-refractivity contribution in [3.05, 3.63) is 88.4 Å². The number of anilines is 2. The lowest BCUT2D eigenvalue weighted by molar-refractivity contribution is 0.0957. The van der Waals surface area contributed by atoms with Gasteiger partial charge in [-0.1, -0.05) is 11.6 Å². The molecule has 32 heavy (non-hydrogen) atoms. The van der Waals surface area contributed by atoms with Crippen molar-refractivity contribution >= 4 is 44.8 Å². The second kappa shape index (κ2) is 9.33. The van der Waals surface area contributed by atoms with E-state index in [0.717, 1.165) is 30.3 Å². The number of halogens is 3. The molecule has 0 aliphatic heterocycles. The summed E-state index contributed by atoms with van der Waals surface area (Å²) < 4.78 is 54.2. The predicted octanol–water partition coefficient (Wildman–Crippen LogP) is 4.03. The molecule has 0 unspecified atom stereocenters. The Kier molecular flexibility index (Phi) is 6.75. The number of hydrogen-bond donors (Lipinski definition) is 3. The fraction of sp³-hybridized carbons (Fsp3) is 0.0476. The van der Waals surface area contributed by atoms with E-state index >= 15 is 0 Å². The number of rotatable bonds is 6. The number of carbonyl (C=O) groups is 2. The highest BCUT2D eigenvalue weighted by Crippen LogP contribution is 2.27. The lowest BCUT2D eigenvalue weighted by Crippen LogP contribution is -2.20. The molecule has 0 heterocycles. The first kappa shape index (κ1) is 23.2. The maximum atomic E-state index is 13.8. The van der Waals surface area contributed by atoms with Gasteiger partial charge in [0.2, 0.25) is 0 Å². The number of benzene rings is 3. The minimum absolute atomic E-state index is 0.0240. The van der Waals surface area contributed by atoms with Gasteiger partial charge < -0.3 is 10.6 Å². The van der Waals surface area contributed by atoms with Crippen LogP contribution in [0.3, 0.4) is 0 Å². The first-order chi connectivity index (χ1) is 15.1. The summed E-state index contributed by atoms with van der Waals surface area (Å²) in [5.74, 6) is -2.67. The van der Waals surface area contributed by atoms with E-state index in [4.69, 9.17) is 11.6 Å². The van der Waals surface area contributed by atoms with Gasteiger partial charge in [-0.3, -0.25) is 14.3 Å². The highest BCUT2D eigenvalue weighted by molar-refractivity contribution is 7.92. The van der Waals surface area contributed by atoms with Crippen molar-refractivity contribution in [2.45, 2.75) is 4.90 Å². The summed E-state index contributed by atoms with van der Waals surface area (Å²) in [4.78, 5) is 24.2. The van der Waals surface area contributed by atoms with Crippen molar-refractivity contribution in [2.75, 3.05) is 17.1 Å². The molecule has 7 nitrogen and oxygen atoms in total. The van der Waals surface area contributed by atoms with Crippen LogP contribution in [0.1, 0.15) is 20.7 Å². The van der Waals surface area contributed by atoms with Crippen LogP contribution in [0, 0.1) is 11.6 Å². The van der Waals surface area contributed by atoms with E-state index in [0.29, 0.717) is 0 Å². The maximum absolute atomic E-state index is 13.8. The van der Waals surface area contributed by atoms with Gasteiger partial charge in [0.25, 0.3) is 21.8 Å². The highest BCUT2D eigenvalue weighted by atomic mass is 35.5. The van der Waals surface area contributed by atoms with Gasteiger partial charge in [-0.15, -0.1) is 0 Å². The Morgan fingerprint density at radius 3 is 2.25 bits per heavy atom. The van der Waals surface area contributed by atoms with Crippen molar-refractivity contribution in [2.24, 2.45) is 0 Å². The molecule has 0 spiro atoms. The quantitative estimate of drug-likeness (QED) is 0.496. The van der Waals surface area contributed by atoms with Gasteiger partial charge in [-0.2, -0.15) is 0 Å². The van der Waals surface area contributed by atoms with E-state index in [1.165, 1.54) is 37.4 Å². The third kappa shape index (κ3) is 5.21.